The van der Waals surface area contributed by atoms with Crippen molar-refractivity contribution < 1.29 is 4.21 Å². The van der Waals surface area contributed by atoms with Gasteiger partial charge in [0.2, 0.25) is 0 Å². The molecule has 1 aliphatic heterocycles. The van der Waals surface area contributed by atoms with E-state index in [0.717, 1.165) is 66.9 Å². The number of allylic oxidation sites excluding steroid dienone is 2. The molecule has 1 spiro atoms. The van der Waals surface area contributed by atoms with Gasteiger partial charge in [0, 0.05) is 44.9 Å². The van der Waals surface area contributed by atoms with E-state index in [1.54, 1.807) is 0 Å². The maximum Gasteiger partial charge on any atom is 0.126 e. The van der Waals surface area contributed by atoms with Crippen molar-refractivity contribution in [3.63, 3.8) is 0 Å². The first kappa shape index (κ1) is 34.3. The van der Waals surface area contributed by atoms with E-state index >= 15 is 4.21 Å². The molecule has 1 unspecified atom stereocenters. The normalized spacial score (nSPS) is 18.5. The number of para-hydroxylation sites is 4. The Balaban J connectivity index is 1.07. The van der Waals surface area contributed by atoms with Gasteiger partial charge < -0.3 is 9.80 Å². The minimum atomic E-state index is -1.44. The van der Waals surface area contributed by atoms with Gasteiger partial charge in [-0.2, -0.15) is 0 Å². The first-order valence-electron chi connectivity index (χ1n) is 19.8. The van der Waals surface area contributed by atoms with E-state index in [4.69, 9.17) is 0 Å². The Bertz CT molecular complexity index is 2760. The Kier molecular flexibility index (Phi) is 8.19. The van der Waals surface area contributed by atoms with Gasteiger partial charge in [-0.05, 0) is 123 Å². The smallest absolute Gasteiger partial charge is 0.126 e. The summed E-state index contributed by atoms with van der Waals surface area (Å²) >= 11 is 0. The van der Waals surface area contributed by atoms with Crippen molar-refractivity contribution in [3.8, 4) is 0 Å². The Morgan fingerprint density at radius 2 is 0.724 bits per heavy atom. The van der Waals surface area contributed by atoms with Crippen LogP contribution in [0.2, 0.25) is 0 Å². The lowest BCUT2D eigenvalue weighted by Gasteiger charge is -2.48. The van der Waals surface area contributed by atoms with Crippen LogP contribution in [0.3, 0.4) is 0 Å². The molecule has 276 valence electrons. The van der Waals surface area contributed by atoms with Crippen molar-refractivity contribution in [2.75, 3.05) is 9.80 Å². The van der Waals surface area contributed by atoms with E-state index in [2.05, 4.69) is 222 Å². The third-order valence-electron chi connectivity index (χ3n) is 11.9. The highest BCUT2D eigenvalue weighted by molar-refractivity contribution is 7.96. The van der Waals surface area contributed by atoms with Crippen LogP contribution in [0.5, 0.6) is 0 Å². The Hall–Kier alpha value is -7.01. The van der Waals surface area contributed by atoms with Crippen LogP contribution >= 0.6 is 0 Å². The second-order valence-corrected chi connectivity index (χ2v) is 16.6. The molecule has 3 aliphatic carbocycles. The van der Waals surface area contributed by atoms with Gasteiger partial charge in [-0.3, -0.25) is 4.21 Å². The fourth-order valence-electron chi connectivity index (χ4n) is 9.51. The van der Waals surface area contributed by atoms with Gasteiger partial charge in [0.25, 0.3) is 0 Å². The molecule has 1 atom stereocenters. The third-order valence-corrected chi connectivity index (χ3v) is 13.9. The van der Waals surface area contributed by atoms with Crippen molar-refractivity contribution in [1.29, 1.82) is 0 Å². The Labute approximate surface area is 342 Å². The second-order valence-electron chi connectivity index (χ2n) is 15.0. The zero-order valence-electron chi connectivity index (χ0n) is 31.7. The number of anilines is 6. The zero-order chi connectivity index (χ0) is 38.6. The van der Waals surface area contributed by atoms with Gasteiger partial charge in [-0.1, -0.05) is 146 Å². The molecule has 0 N–H and O–H groups in total. The number of rotatable bonds is 8. The number of hydrogen-bond donors (Lipinski definition) is 0. The van der Waals surface area contributed by atoms with Crippen LogP contribution in [0.4, 0.5) is 34.1 Å². The molecule has 4 aliphatic rings. The Morgan fingerprint density at radius 3 is 1.14 bits per heavy atom. The second kappa shape index (κ2) is 13.9. The van der Waals surface area contributed by atoms with Gasteiger partial charge >= 0.3 is 0 Å². The van der Waals surface area contributed by atoms with Gasteiger partial charge in [0.1, 0.15) is 4.75 Å². The van der Waals surface area contributed by atoms with Crippen LogP contribution < -0.4 is 9.80 Å². The van der Waals surface area contributed by atoms with Crippen LogP contribution in [0.1, 0.15) is 39.3 Å². The average molecular weight is 763 g/mol. The minimum Gasteiger partial charge on any atom is -0.311 e. The van der Waals surface area contributed by atoms with Crippen LogP contribution in [0.15, 0.2) is 230 Å². The lowest BCUT2D eigenvalue weighted by Crippen LogP contribution is -2.42. The average Bonchev–Trinajstić information content (AvgIpc) is 3.62. The maximum atomic E-state index is 15.7. The van der Waals surface area contributed by atoms with Crippen molar-refractivity contribution in [2.45, 2.75) is 10.7 Å². The van der Waals surface area contributed by atoms with E-state index in [0.29, 0.717) is 0 Å². The summed E-state index contributed by atoms with van der Waals surface area (Å²) in [6, 6.07) is 76.9. The molecule has 8 aromatic rings. The lowest BCUT2D eigenvalue weighted by atomic mass is 9.59. The molecule has 12 rings (SSSR count). The van der Waals surface area contributed by atoms with Crippen LogP contribution in [0, 0.1) is 0 Å². The van der Waals surface area contributed by atoms with Crippen LogP contribution in [-0.4, -0.2) is 4.21 Å². The predicted molar refractivity (Wildman–Crippen MR) is 241 cm³/mol. The van der Waals surface area contributed by atoms with Crippen molar-refractivity contribution >= 4 is 55.4 Å². The van der Waals surface area contributed by atoms with Crippen LogP contribution in [-0.2, 0) is 15.5 Å². The molecule has 4 heteroatoms. The Morgan fingerprint density at radius 1 is 0.379 bits per heavy atom. The number of nitrogens with zero attached hydrogens (tertiary/aromatic N) is 2. The third kappa shape index (κ3) is 5.22. The molecule has 58 heavy (non-hydrogen) atoms. The molecule has 0 aromatic heterocycles. The summed E-state index contributed by atoms with van der Waals surface area (Å²) in [5.74, 6) is 0.00903. The van der Waals surface area contributed by atoms with E-state index in [9.17, 15) is 0 Å². The molecule has 1 heterocycles. The summed E-state index contributed by atoms with van der Waals surface area (Å²) in [5, 5.41) is 0. The molecule has 0 amide bonds. The maximum absolute atomic E-state index is 15.7. The summed E-state index contributed by atoms with van der Waals surface area (Å²) in [7, 11) is -1.44. The molecule has 0 saturated heterocycles. The topological polar surface area (TPSA) is 23.6 Å². The molecule has 8 aromatic carbocycles. The highest BCUT2D eigenvalue weighted by Crippen LogP contribution is 2.67. The minimum absolute atomic E-state index is 0.00903. The predicted octanol–water partition coefficient (Wildman–Crippen LogP) is 13.6. The first-order chi connectivity index (χ1) is 28.7. The van der Waals surface area contributed by atoms with Crippen molar-refractivity contribution in [1.82, 2.24) is 0 Å². The summed E-state index contributed by atoms with van der Waals surface area (Å²) in [6.45, 7) is 0. The molecule has 0 saturated carbocycles. The zero-order valence-corrected chi connectivity index (χ0v) is 32.5. The van der Waals surface area contributed by atoms with Gasteiger partial charge in [-0.25, -0.2) is 0 Å². The van der Waals surface area contributed by atoms with Crippen LogP contribution in [0.25, 0.3) is 10.5 Å². The highest BCUT2D eigenvalue weighted by Gasteiger charge is 2.59. The largest absolute Gasteiger partial charge is 0.311 e. The van der Waals surface area contributed by atoms with E-state index in [1.165, 1.54) is 16.7 Å². The highest BCUT2D eigenvalue weighted by atomic mass is 32.2. The molecule has 2 bridgehead atoms. The molecule has 0 radical (unpaired) electrons. The van der Waals surface area contributed by atoms with E-state index in [-0.39, 0.29) is 5.92 Å². The lowest BCUT2D eigenvalue weighted by molar-refractivity contribution is 0.660. The molecule has 3 nitrogen and oxygen atoms in total. The molecular weight excluding hydrogens is 725 g/mol. The van der Waals surface area contributed by atoms with E-state index in [1.807, 2.05) is 12.1 Å². The van der Waals surface area contributed by atoms with Gasteiger partial charge in [0.05, 0.1) is 10.8 Å². The molecule has 0 fully saturated rings. The van der Waals surface area contributed by atoms with Crippen molar-refractivity contribution in [3.05, 3.63) is 263 Å². The summed E-state index contributed by atoms with van der Waals surface area (Å²) in [5.41, 5.74) is 15.7. The summed E-state index contributed by atoms with van der Waals surface area (Å²) < 4.78 is 14.9. The van der Waals surface area contributed by atoms with Gasteiger partial charge in [-0.15, -0.1) is 0 Å². The number of benzene rings is 8. The quantitative estimate of drug-likeness (QED) is 0.154. The summed E-state index contributed by atoms with van der Waals surface area (Å²) in [6.07, 6.45) is 2.26. The van der Waals surface area contributed by atoms with E-state index < -0.39 is 15.5 Å². The monoisotopic (exact) mass is 762 g/mol. The summed E-state index contributed by atoms with van der Waals surface area (Å²) in [4.78, 5) is 5.41. The first-order valence-corrected chi connectivity index (χ1v) is 20.9. The number of hydrogen-bond acceptors (Lipinski definition) is 3. The van der Waals surface area contributed by atoms with Crippen molar-refractivity contribution in [2.24, 2.45) is 0 Å². The SMILES string of the molecule is O=S1C(c2ccc(N(c3ccccc3)c3ccccc3)cc2)=CC2=C(c3ccc(N(c4ccccc4)c4ccccc4)cc3)C3c4ccccc4C21c1ccccc13. The van der Waals surface area contributed by atoms with Gasteiger partial charge in [0.15, 0.2) is 0 Å². The standard InChI is InChI=1S/C54H38N2OS/c57-58-51(38-29-33-44(34-30-38)55(40-17-5-1-6-18-40)41-19-7-2-8-20-41)37-50-52(53-46-25-13-15-27-48(46)54(50,58)49-28-16-14-26-47(49)53)39-31-35-45(36-32-39)56(42-21-9-3-10-22-42)43-23-11-4-12-24-43/h1-37,53H. The molecular formula is C54H38N2OS. The fourth-order valence-corrected chi connectivity index (χ4v) is 11.6. The fraction of sp³-hybridized carbons (Fsp3) is 0.0370.